The van der Waals surface area contributed by atoms with Crippen LogP contribution in [0.25, 0.3) is 0 Å². The Labute approximate surface area is 132 Å². The number of likely N-dealkylation sites (tertiary alicyclic amines) is 1. The first kappa shape index (κ1) is 16.9. The molecule has 0 saturated carbocycles. The van der Waals surface area contributed by atoms with Gasteiger partial charge in [0.2, 0.25) is 5.82 Å². The third-order valence-electron chi connectivity index (χ3n) is 3.79. The molecule has 1 aromatic rings. The lowest BCUT2D eigenvalue weighted by atomic mass is 9.96. The molecule has 2 rings (SSSR count). The summed E-state index contributed by atoms with van der Waals surface area (Å²) in [4.78, 5) is 35.2. The number of hydrogen-bond acceptors (Lipinski definition) is 5. The molecule has 0 atom stereocenters. The van der Waals surface area contributed by atoms with Crippen molar-refractivity contribution in [2.24, 2.45) is 5.92 Å². The van der Waals surface area contributed by atoms with Crippen LogP contribution in [0.1, 0.15) is 30.1 Å². The summed E-state index contributed by atoms with van der Waals surface area (Å²) in [5, 5.41) is 10.6. The maximum atomic E-state index is 13.6. The predicted molar refractivity (Wildman–Crippen MR) is 78.3 cm³/mol. The third-order valence-corrected chi connectivity index (χ3v) is 3.79. The number of amides is 1. The summed E-state index contributed by atoms with van der Waals surface area (Å²) < 4.78 is 18.6. The van der Waals surface area contributed by atoms with Gasteiger partial charge in [-0.05, 0) is 31.9 Å². The van der Waals surface area contributed by atoms with Crippen molar-refractivity contribution in [3.63, 3.8) is 0 Å². The van der Waals surface area contributed by atoms with Crippen molar-refractivity contribution in [2.45, 2.75) is 19.8 Å². The Hall–Kier alpha value is -2.51. The maximum Gasteiger partial charge on any atom is 0.309 e. The van der Waals surface area contributed by atoms with Crippen LogP contribution in [-0.2, 0) is 9.53 Å². The van der Waals surface area contributed by atoms with E-state index in [1.165, 1.54) is 11.0 Å². The summed E-state index contributed by atoms with van der Waals surface area (Å²) in [5.41, 5.74) is -0.606. The van der Waals surface area contributed by atoms with Crippen LogP contribution in [0.15, 0.2) is 18.2 Å². The summed E-state index contributed by atoms with van der Waals surface area (Å²) in [5.74, 6) is -1.93. The minimum atomic E-state index is -1.04. The normalized spacial score (nSPS) is 15.3. The molecule has 1 aliphatic heterocycles. The van der Waals surface area contributed by atoms with Crippen LogP contribution in [0.5, 0.6) is 0 Å². The number of esters is 1. The van der Waals surface area contributed by atoms with Crippen molar-refractivity contribution >= 4 is 17.6 Å². The van der Waals surface area contributed by atoms with Gasteiger partial charge in [-0.25, -0.2) is 0 Å². The first-order valence-electron chi connectivity index (χ1n) is 7.34. The Kier molecular flexibility index (Phi) is 5.25. The zero-order valence-corrected chi connectivity index (χ0v) is 12.7. The molecule has 1 heterocycles. The molecule has 0 aliphatic carbocycles. The molecule has 0 radical (unpaired) electrons. The van der Waals surface area contributed by atoms with Gasteiger partial charge in [-0.2, -0.15) is 4.39 Å². The molecule has 0 spiro atoms. The number of carbonyl (C=O) groups excluding carboxylic acids is 2. The zero-order valence-electron chi connectivity index (χ0n) is 12.7. The van der Waals surface area contributed by atoms with E-state index in [1.54, 1.807) is 6.92 Å². The molecule has 0 bridgehead atoms. The van der Waals surface area contributed by atoms with Gasteiger partial charge >= 0.3 is 11.7 Å². The van der Waals surface area contributed by atoms with E-state index in [9.17, 15) is 24.1 Å². The molecule has 124 valence electrons. The smallest absolute Gasteiger partial charge is 0.309 e. The Morgan fingerprint density at radius 1 is 1.39 bits per heavy atom. The van der Waals surface area contributed by atoms with E-state index in [4.69, 9.17) is 4.74 Å². The number of nitro benzene ring substituents is 1. The summed E-state index contributed by atoms with van der Waals surface area (Å²) >= 11 is 0. The van der Waals surface area contributed by atoms with Crippen molar-refractivity contribution in [1.82, 2.24) is 4.90 Å². The Bertz CT molecular complexity index is 626. The maximum absolute atomic E-state index is 13.6. The van der Waals surface area contributed by atoms with E-state index in [1.807, 2.05) is 0 Å². The van der Waals surface area contributed by atoms with Crippen LogP contribution >= 0.6 is 0 Å². The predicted octanol–water partition coefficient (Wildman–Crippen LogP) is 2.15. The highest BCUT2D eigenvalue weighted by Gasteiger charge is 2.29. The molecular formula is C15H17FN2O5. The fourth-order valence-corrected chi connectivity index (χ4v) is 2.55. The van der Waals surface area contributed by atoms with E-state index in [2.05, 4.69) is 0 Å². The number of carbonyl (C=O) groups is 2. The van der Waals surface area contributed by atoms with E-state index in [-0.39, 0.29) is 17.5 Å². The van der Waals surface area contributed by atoms with Gasteiger partial charge in [0.15, 0.2) is 0 Å². The second kappa shape index (κ2) is 7.17. The van der Waals surface area contributed by atoms with Crippen LogP contribution in [0.2, 0.25) is 0 Å². The van der Waals surface area contributed by atoms with Crippen molar-refractivity contribution in [3.05, 3.63) is 39.7 Å². The second-order valence-corrected chi connectivity index (χ2v) is 5.24. The average molecular weight is 324 g/mol. The lowest BCUT2D eigenvalue weighted by Gasteiger charge is -2.30. The molecule has 1 amide bonds. The lowest BCUT2D eigenvalue weighted by molar-refractivity contribution is -0.387. The first-order valence-corrected chi connectivity index (χ1v) is 7.34. The van der Waals surface area contributed by atoms with Crippen molar-refractivity contribution in [1.29, 1.82) is 0 Å². The number of nitrogens with zero attached hydrogens (tertiary/aromatic N) is 2. The Morgan fingerprint density at radius 3 is 2.57 bits per heavy atom. The molecule has 7 nitrogen and oxygen atoms in total. The second-order valence-electron chi connectivity index (χ2n) is 5.24. The molecule has 0 aromatic heterocycles. The summed E-state index contributed by atoms with van der Waals surface area (Å²) in [6.07, 6.45) is 0.972. The average Bonchev–Trinajstić information content (AvgIpc) is 2.54. The molecule has 1 saturated heterocycles. The van der Waals surface area contributed by atoms with Crippen LogP contribution in [0.4, 0.5) is 10.1 Å². The number of hydrogen-bond donors (Lipinski definition) is 0. The molecule has 23 heavy (non-hydrogen) atoms. The van der Waals surface area contributed by atoms with E-state index in [0.29, 0.717) is 32.5 Å². The van der Waals surface area contributed by atoms with E-state index in [0.717, 1.165) is 12.1 Å². The van der Waals surface area contributed by atoms with Gasteiger partial charge in [-0.1, -0.05) is 0 Å². The molecular weight excluding hydrogens is 307 g/mol. The highest BCUT2D eigenvalue weighted by atomic mass is 19.1. The van der Waals surface area contributed by atoms with Gasteiger partial charge in [0, 0.05) is 24.7 Å². The van der Waals surface area contributed by atoms with Crippen LogP contribution in [-0.4, -0.2) is 41.4 Å². The van der Waals surface area contributed by atoms with Gasteiger partial charge in [-0.3, -0.25) is 19.7 Å². The summed E-state index contributed by atoms with van der Waals surface area (Å²) in [7, 11) is 0. The highest BCUT2D eigenvalue weighted by Crippen LogP contribution is 2.23. The highest BCUT2D eigenvalue weighted by molar-refractivity contribution is 5.94. The van der Waals surface area contributed by atoms with Crippen molar-refractivity contribution in [3.8, 4) is 0 Å². The zero-order chi connectivity index (χ0) is 17.0. The van der Waals surface area contributed by atoms with Gasteiger partial charge < -0.3 is 9.64 Å². The number of benzene rings is 1. The summed E-state index contributed by atoms with van der Waals surface area (Å²) in [6, 6.07) is 3.09. The largest absolute Gasteiger partial charge is 0.466 e. The van der Waals surface area contributed by atoms with Crippen LogP contribution < -0.4 is 0 Å². The number of piperidine rings is 1. The SMILES string of the molecule is CCOC(=O)C1CCN(C(=O)c2ccc([N+](=O)[O-])c(F)c2)CC1. The molecule has 1 fully saturated rings. The van der Waals surface area contributed by atoms with E-state index >= 15 is 0 Å². The minimum Gasteiger partial charge on any atom is -0.466 e. The van der Waals surface area contributed by atoms with Gasteiger partial charge in [-0.15, -0.1) is 0 Å². The van der Waals surface area contributed by atoms with Gasteiger partial charge in [0.1, 0.15) is 0 Å². The first-order chi connectivity index (χ1) is 10.9. The number of ether oxygens (including phenoxy) is 1. The van der Waals surface area contributed by atoms with E-state index < -0.39 is 22.3 Å². The topological polar surface area (TPSA) is 89.8 Å². The monoisotopic (exact) mass is 324 g/mol. The van der Waals surface area contributed by atoms with Crippen LogP contribution in [0, 0.1) is 21.8 Å². The van der Waals surface area contributed by atoms with Crippen molar-refractivity contribution < 1.29 is 23.6 Å². The quantitative estimate of drug-likeness (QED) is 0.481. The molecule has 8 heteroatoms. The molecule has 0 N–H and O–H groups in total. The molecule has 1 aromatic carbocycles. The van der Waals surface area contributed by atoms with Gasteiger partial charge in [0.05, 0.1) is 17.4 Å². The Balaban J connectivity index is 2.01. The summed E-state index contributed by atoms with van der Waals surface area (Å²) in [6.45, 7) is 2.78. The standard InChI is InChI=1S/C15H17FN2O5/c1-2-23-15(20)10-5-7-17(8-6-10)14(19)11-3-4-13(18(21)22)12(16)9-11/h3-4,9-10H,2,5-8H2,1H3. The lowest BCUT2D eigenvalue weighted by Crippen LogP contribution is -2.40. The Morgan fingerprint density at radius 2 is 2.04 bits per heavy atom. The third kappa shape index (κ3) is 3.82. The number of halogens is 1. The fraction of sp³-hybridized carbons (Fsp3) is 0.467. The molecule has 0 unspecified atom stereocenters. The van der Waals surface area contributed by atoms with Crippen LogP contribution in [0.3, 0.4) is 0 Å². The fourth-order valence-electron chi connectivity index (χ4n) is 2.55. The van der Waals surface area contributed by atoms with Crippen molar-refractivity contribution in [2.75, 3.05) is 19.7 Å². The minimum absolute atomic E-state index is 0.0580. The number of nitro groups is 1. The molecule has 1 aliphatic rings. The van der Waals surface area contributed by atoms with Gasteiger partial charge in [0.25, 0.3) is 5.91 Å². The number of rotatable bonds is 4.